The predicted molar refractivity (Wildman–Crippen MR) is 192 cm³/mol. The number of hydrogen-bond acceptors (Lipinski definition) is 11. The Balaban J connectivity index is 1.18. The zero-order valence-corrected chi connectivity index (χ0v) is 29.9. The molecule has 0 spiro atoms. The van der Waals surface area contributed by atoms with Gasteiger partial charge >= 0.3 is 18.1 Å². The molecule has 282 valence electrons. The SMILES string of the molecule is C#Cc1c(F)ccc2cc(O)cc(-c3ncc4c(N5CC6CCC(C5)N6C(=O)OC(C)OC(=O)CC)nc(OC[C@@]56CCCN5C[C@H](F)C6)nc4c3F)c12. The van der Waals surface area contributed by atoms with Crippen LogP contribution in [0.1, 0.15) is 57.9 Å². The maximum atomic E-state index is 17.0. The Bertz CT molecular complexity index is 2200. The minimum absolute atomic E-state index is 0.0731. The van der Waals surface area contributed by atoms with Crippen LogP contribution in [0, 0.1) is 24.0 Å². The first-order chi connectivity index (χ1) is 26.0. The normalized spacial score (nSPS) is 24.1. The number of aromatic hydroxyl groups is 1. The van der Waals surface area contributed by atoms with E-state index in [1.54, 1.807) is 11.8 Å². The fraction of sp³-hybridized carbons (Fsp3) is 0.462. The van der Waals surface area contributed by atoms with E-state index in [9.17, 15) is 23.5 Å². The summed E-state index contributed by atoms with van der Waals surface area (Å²) in [6.45, 7) is 4.94. The fourth-order valence-corrected chi connectivity index (χ4v) is 8.78. The highest BCUT2D eigenvalue weighted by molar-refractivity contribution is 6.03. The molecule has 4 fully saturated rings. The van der Waals surface area contributed by atoms with Crippen molar-refractivity contribution in [3.8, 4) is 35.4 Å². The summed E-state index contributed by atoms with van der Waals surface area (Å²) in [4.78, 5) is 44.5. The van der Waals surface area contributed by atoms with Crippen molar-refractivity contribution >= 4 is 39.6 Å². The number of halogens is 3. The van der Waals surface area contributed by atoms with Crippen molar-refractivity contribution in [2.45, 2.75) is 82.5 Å². The predicted octanol–water partition coefficient (Wildman–Crippen LogP) is 5.85. The number of nitrogens with zero attached hydrogens (tertiary/aromatic N) is 6. The summed E-state index contributed by atoms with van der Waals surface area (Å²) >= 11 is 0. The van der Waals surface area contributed by atoms with Gasteiger partial charge in [0.25, 0.3) is 0 Å². The van der Waals surface area contributed by atoms with Crippen LogP contribution in [0.3, 0.4) is 0 Å². The molecule has 15 heteroatoms. The third-order valence-electron chi connectivity index (χ3n) is 11.2. The molecule has 2 aromatic carbocycles. The number of fused-ring (bicyclic) bond motifs is 5. The Morgan fingerprint density at radius 1 is 1.13 bits per heavy atom. The second kappa shape index (κ2) is 13.8. The lowest BCUT2D eigenvalue weighted by Gasteiger charge is -2.41. The largest absolute Gasteiger partial charge is 0.508 e. The number of amides is 1. The van der Waals surface area contributed by atoms with E-state index in [4.69, 9.17) is 25.6 Å². The zero-order chi connectivity index (χ0) is 37.9. The molecule has 4 aliphatic rings. The molecule has 3 unspecified atom stereocenters. The van der Waals surface area contributed by atoms with E-state index in [0.717, 1.165) is 19.4 Å². The van der Waals surface area contributed by atoms with Crippen LogP contribution in [0.4, 0.5) is 23.8 Å². The molecule has 1 amide bonds. The van der Waals surface area contributed by atoms with Crippen molar-refractivity contribution < 1.29 is 42.1 Å². The number of carbonyl (C=O) groups excluding carboxylic acids is 2. The Morgan fingerprint density at radius 3 is 2.65 bits per heavy atom. The van der Waals surface area contributed by atoms with Crippen LogP contribution in [0.5, 0.6) is 11.8 Å². The second-order valence-electron chi connectivity index (χ2n) is 14.5. The first-order valence-corrected chi connectivity index (χ1v) is 18.2. The summed E-state index contributed by atoms with van der Waals surface area (Å²) in [5.41, 5.74) is -0.910. The lowest BCUT2D eigenvalue weighted by Crippen LogP contribution is -2.56. The topological polar surface area (TPSA) is 130 Å². The van der Waals surface area contributed by atoms with Gasteiger partial charge in [-0.05, 0) is 55.8 Å². The van der Waals surface area contributed by atoms with Crippen molar-refractivity contribution in [3.05, 3.63) is 47.7 Å². The van der Waals surface area contributed by atoms with Crippen LogP contribution in [0.15, 0.2) is 30.5 Å². The molecule has 5 atom stereocenters. The highest BCUT2D eigenvalue weighted by Crippen LogP contribution is 2.42. The highest BCUT2D eigenvalue weighted by Gasteiger charge is 2.50. The van der Waals surface area contributed by atoms with Gasteiger partial charge in [-0.2, -0.15) is 9.97 Å². The van der Waals surface area contributed by atoms with Crippen LogP contribution < -0.4 is 9.64 Å². The third-order valence-corrected chi connectivity index (χ3v) is 11.2. The molecule has 2 bridgehead atoms. The summed E-state index contributed by atoms with van der Waals surface area (Å²) in [5.74, 6) is 0.435. The quantitative estimate of drug-likeness (QED) is 0.132. The van der Waals surface area contributed by atoms with Gasteiger partial charge in [-0.15, -0.1) is 6.42 Å². The van der Waals surface area contributed by atoms with Crippen molar-refractivity contribution in [1.82, 2.24) is 24.8 Å². The van der Waals surface area contributed by atoms with E-state index < -0.39 is 41.7 Å². The van der Waals surface area contributed by atoms with E-state index in [1.807, 2.05) is 4.90 Å². The minimum atomic E-state index is -1.06. The van der Waals surface area contributed by atoms with Gasteiger partial charge in [-0.1, -0.05) is 18.9 Å². The maximum absolute atomic E-state index is 17.0. The minimum Gasteiger partial charge on any atom is -0.508 e. The molecule has 6 heterocycles. The van der Waals surface area contributed by atoms with Gasteiger partial charge < -0.3 is 24.2 Å². The maximum Gasteiger partial charge on any atom is 0.413 e. The molecule has 54 heavy (non-hydrogen) atoms. The lowest BCUT2D eigenvalue weighted by molar-refractivity contribution is -0.166. The van der Waals surface area contributed by atoms with Gasteiger partial charge in [0.2, 0.25) is 6.29 Å². The monoisotopic (exact) mass is 744 g/mol. The number of phenols is 1. The van der Waals surface area contributed by atoms with Gasteiger partial charge in [-0.3, -0.25) is 19.6 Å². The Hall–Kier alpha value is -5.36. The number of benzene rings is 2. The van der Waals surface area contributed by atoms with Gasteiger partial charge in [0, 0.05) is 56.5 Å². The standard InChI is InChI=1S/C39H39F3N6O6/c1-4-27-30(41)10-7-22-13-26(49)14-28(32(22)27)34-33(42)35-29(16-43-34)36(45-37(44-35)52-20-39-11-6-12-47(39)17-23(40)15-39)46-18-24-8-9-25(19-46)48(24)38(51)54-21(3)53-31(50)5-2/h1,7,10,13-14,16,21,23-25,49H,5-6,8-9,11-12,15,17-20H2,2-3H3/t21?,23-,24?,25?,39+/m1/s1. The number of aromatic nitrogens is 3. The Kier molecular flexibility index (Phi) is 9.12. The Labute approximate surface area is 309 Å². The number of rotatable bonds is 8. The van der Waals surface area contributed by atoms with Gasteiger partial charge in [0.05, 0.1) is 28.6 Å². The summed E-state index contributed by atoms with van der Waals surface area (Å²) in [5, 5.41) is 11.5. The van der Waals surface area contributed by atoms with Crippen LogP contribution in [-0.4, -0.2) is 105 Å². The lowest BCUT2D eigenvalue weighted by atomic mass is 9.95. The first kappa shape index (κ1) is 35.7. The van der Waals surface area contributed by atoms with Gasteiger partial charge in [0.15, 0.2) is 5.82 Å². The molecular formula is C39H39F3N6O6. The second-order valence-corrected chi connectivity index (χ2v) is 14.5. The number of alkyl halides is 1. The molecule has 4 aromatic rings. The molecule has 0 saturated carbocycles. The zero-order valence-electron chi connectivity index (χ0n) is 29.9. The van der Waals surface area contributed by atoms with E-state index in [-0.39, 0.29) is 70.0 Å². The third kappa shape index (κ3) is 6.15. The molecule has 4 saturated heterocycles. The molecule has 0 radical (unpaired) electrons. The average molecular weight is 745 g/mol. The fourth-order valence-electron chi connectivity index (χ4n) is 8.78. The van der Waals surface area contributed by atoms with Crippen molar-refractivity contribution in [2.24, 2.45) is 0 Å². The van der Waals surface area contributed by atoms with Crippen LogP contribution in [-0.2, 0) is 14.3 Å². The molecule has 4 aliphatic heterocycles. The molecule has 8 rings (SSSR count). The first-order valence-electron chi connectivity index (χ1n) is 18.2. The van der Waals surface area contributed by atoms with Crippen LogP contribution in [0.25, 0.3) is 32.9 Å². The van der Waals surface area contributed by atoms with Crippen LogP contribution >= 0.6 is 0 Å². The summed E-state index contributed by atoms with van der Waals surface area (Å²) in [6, 6.07) is 4.61. The number of terminal acetylenes is 1. The van der Waals surface area contributed by atoms with Gasteiger partial charge in [0.1, 0.15) is 41.4 Å². The summed E-state index contributed by atoms with van der Waals surface area (Å²) in [7, 11) is 0. The van der Waals surface area contributed by atoms with Crippen molar-refractivity contribution in [3.63, 3.8) is 0 Å². The van der Waals surface area contributed by atoms with Crippen molar-refractivity contribution in [2.75, 3.05) is 37.7 Å². The number of carbonyl (C=O) groups is 2. The van der Waals surface area contributed by atoms with E-state index in [2.05, 4.69) is 20.8 Å². The Morgan fingerprint density at radius 2 is 1.91 bits per heavy atom. The number of anilines is 1. The smallest absolute Gasteiger partial charge is 0.413 e. The molecule has 2 aromatic heterocycles. The highest BCUT2D eigenvalue weighted by atomic mass is 19.1. The van der Waals surface area contributed by atoms with E-state index in [1.165, 1.54) is 37.4 Å². The van der Waals surface area contributed by atoms with E-state index >= 15 is 4.39 Å². The number of esters is 1. The molecule has 1 N–H and O–H groups in total. The molecular weight excluding hydrogens is 705 g/mol. The van der Waals surface area contributed by atoms with Crippen LogP contribution in [0.2, 0.25) is 0 Å². The number of hydrogen-bond donors (Lipinski definition) is 1. The number of phenolic OH excluding ortho intramolecular Hbond substituents is 1. The van der Waals surface area contributed by atoms with Gasteiger partial charge in [-0.25, -0.2) is 18.0 Å². The number of piperazine rings is 1. The van der Waals surface area contributed by atoms with E-state index in [0.29, 0.717) is 50.1 Å². The summed E-state index contributed by atoms with van der Waals surface area (Å²) < 4.78 is 63.4. The number of pyridine rings is 1. The average Bonchev–Trinajstić information content (AvgIpc) is 3.77. The molecule has 12 nitrogen and oxygen atoms in total. The number of ether oxygens (including phenoxy) is 3. The molecule has 0 aliphatic carbocycles. The summed E-state index contributed by atoms with van der Waals surface area (Å²) in [6.07, 6.45) is 7.92. The van der Waals surface area contributed by atoms with Crippen molar-refractivity contribution in [1.29, 1.82) is 0 Å².